The van der Waals surface area contributed by atoms with E-state index in [1.807, 2.05) is 83.8 Å². The lowest BCUT2D eigenvalue weighted by molar-refractivity contribution is 0.768. The number of fused-ring (bicyclic) bond motifs is 3. The van der Waals surface area contributed by atoms with Crippen LogP contribution in [0.2, 0.25) is 0 Å². The molecular weight excluding hydrogens is 603 g/mol. The van der Waals surface area contributed by atoms with Gasteiger partial charge in [-0.1, -0.05) is 182 Å². The quantitative estimate of drug-likeness (QED) is 0.167. The van der Waals surface area contributed by atoms with Crippen LogP contribution in [0, 0.1) is 0 Å². The standard InChI is InChI=1S/C49H35N/c1-5-16-36(17-6-1)38-28-32-42(33-29-38)50(43-34-30-39(31-35-43)37-18-7-2-8-19-37)47-27-15-26-46-48(47)44-24-13-14-25-45(44)49(46,40-20-9-3-10-21-40)41-22-11-4-12-23-41/h1-35H/i28D,29D,32D,33D. The van der Waals surface area contributed by atoms with Crippen molar-refractivity contribution in [1.29, 1.82) is 0 Å². The second-order valence-electron chi connectivity index (χ2n) is 12.6. The van der Waals surface area contributed by atoms with Crippen LogP contribution in [0.15, 0.2) is 212 Å². The lowest BCUT2D eigenvalue weighted by Crippen LogP contribution is -2.28. The highest BCUT2D eigenvalue weighted by Crippen LogP contribution is 2.59. The summed E-state index contributed by atoms with van der Waals surface area (Å²) < 4.78 is 37.8. The van der Waals surface area contributed by atoms with E-state index in [4.69, 9.17) is 0 Å². The van der Waals surface area contributed by atoms with Crippen molar-refractivity contribution in [3.63, 3.8) is 0 Å². The van der Waals surface area contributed by atoms with Crippen LogP contribution in [0.1, 0.15) is 27.7 Å². The number of hydrogen-bond acceptors (Lipinski definition) is 1. The molecule has 0 bridgehead atoms. The molecule has 1 heteroatoms. The van der Waals surface area contributed by atoms with Gasteiger partial charge in [0.05, 0.1) is 16.6 Å². The zero-order valence-electron chi connectivity index (χ0n) is 31.3. The van der Waals surface area contributed by atoms with Crippen LogP contribution in [0.3, 0.4) is 0 Å². The number of anilines is 3. The number of benzene rings is 8. The third-order valence-electron chi connectivity index (χ3n) is 9.83. The fraction of sp³-hybridized carbons (Fsp3) is 0.0204. The van der Waals surface area contributed by atoms with Crippen molar-refractivity contribution in [2.45, 2.75) is 5.41 Å². The Kier molecular flexibility index (Phi) is 6.41. The Bertz CT molecular complexity index is 2560. The first-order valence-corrected chi connectivity index (χ1v) is 17.0. The average molecular weight is 642 g/mol. The highest BCUT2D eigenvalue weighted by molar-refractivity contribution is 5.97. The molecule has 8 aromatic rings. The van der Waals surface area contributed by atoms with Gasteiger partial charge in [-0.25, -0.2) is 0 Å². The van der Waals surface area contributed by atoms with Crippen LogP contribution < -0.4 is 4.90 Å². The minimum Gasteiger partial charge on any atom is -0.310 e. The molecule has 0 N–H and O–H groups in total. The van der Waals surface area contributed by atoms with Crippen molar-refractivity contribution < 1.29 is 5.48 Å². The van der Waals surface area contributed by atoms with Gasteiger partial charge in [0.15, 0.2) is 0 Å². The first kappa shape index (κ1) is 25.6. The molecule has 0 unspecified atom stereocenters. The van der Waals surface area contributed by atoms with Crippen molar-refractivity contribution >= 4 is 17.1 Å². The van der Waals surface area contributed by atoms with E-state index in [0.29, 0.717) is 5.56 Å². The Morgan fingerprint density at radius 2 is 0.840 bits per heavy atom. The smallest absolute Gasteiger partial charge is 0.0714 e. The van der Waals surface area contributed by atoms with Crippen LogP contribution in [0.5, 0.6) is 0 Å². The van der Waals surface area contributed by atoms with E-state index in [1.165, 1.54) is 0 Å². The molecule has 0 spiro atoms. The first-order chi connectivity index (χ1) is 26.5. The second-order valence-corrected chi connectivity index (χ2v) is 12.6. The topological polar surface area (TPSA) is 3.24 Å². The molecule has 0 radical (unpaired) electrons. The minimum atomic E-state index is -0.654. The summed E-state index contributed by atoms with van der Waals surface area (Å²) >= 11 is 0. The van der Waals surface area contributed by atoms with Crippen LogP contribution in [-0.2, 0) is 5.41 Å². The Morgan fingerprint density at radius 1 is 0.360 bits per heavy atom. The van der Waals surface area contributed by atoms with Gasteiger partial charge in [-0.2, -0.15) is 0 Å². The third kappa shape index (κ3) is 4.86. The zero-order chi connectivity index (χ0) is 36.8. The molecule has 0 fully saturated rings. The van der Waals surface area contributed by atoms with Crippen LogP contribution in [-0.4, -0.2) is 0 Å². The molecule has 0 heterocycles. The van der Waals surface area contributed by atoms with Gasteiger partial charge in [-0.15, -0.1) is 0 Å². The molecule has 0 amide bonds. The van der Waals surface area contributed by atoms with E-state index in [-0.39, 0.29) is 35.4 Å². The van der Waals surface area contributed by atoms with Crippen LogP contribution in [0.4, 0.5) is 17.1 Å². The summed E-state index contributed by atoms with van der Waals surface area (Å²) in [6.07, 6.45) is 0. The normalized spacial score (nSPS) is 13.7. The number of nitrogens with zero attached hydrogens (tertiary/aromatic N) is 1. The van der Waals surface area contributed by atoms with Crippen molar-refractivity contribution in [1.82, 2.24) is 0 Å². The summed E-state index contributed by atoms with van der Waals surface area (Å²) in [4.78, 5) is 1.94. The Balaban J connectivity index is 1.36. The molecule has 50 heavy (non-hydrogen) atoms. The zero-order valence-corrected chi connectivity index (χ0v) is 27.3. The lowest BCUT2D eigenvalue weighted by Gasteiger charge is -2.34. The van der Waals surface area contributed by atoms with Crippen molar-refractivity contribution in [3.8, 4) is 33.4 Å². The van der Waals surface area contributed by atoms with Gasteiger partial charge in [-0.05, 0) is 80.4 Å². The van der Waals surface area contributed by atoms with E-state index in [2.05, 4.69) is 109 Å². The predicted molar refractivity (Wildman–Crippen MR) is 209 cm³/mol. The molecule has 0 aliphatic heterocycles. The van der Waals surface area contributed by atoms with Gasteiger partial charge in [0, 0.05) is 16.9 Å². The van der Waals surface area contributed by atoms with E-state index in [1.54, 1.807) is 0 Å². The van der Waals surface area contributed by atoms with Crippen molar-refractivity contribution in [2.75, 3.05) is 4.90 Å². The maximum absolute atomic E-state index is 9.59. The van der Waals surface area contributed by atoms with E-state index in [9.17, 15) is 5.48 Å². The number of rotatable bonds is 7. The third-order valence-corrected chi connectivity index (χ3v) is 9.83. The summed E-state index contributed by atoms with van der Waals surface area (Å²) in [6, 6.07) is 63.2. The van der Waals surface area contributed by atoms with Gasteiger partial charge in [-0.3, -0.25) is 0 Å². The van der Waals surface area contributed by atoms with Gasteiger partial charge in [0.25, 0.3) is 0 Å². The van der Waals surface area contributed by atoms with Crippen molar-refractivity contribution in [3.05, 3.63) is 234 Å². The summed E-state index contributed by atoms with van der Waals surface area (Å²) in [7, 11) is 0. The van der Waals surface area contributed by atoms with E-state index < -0.39 is 5.41 Å². The second kappa shape index (κ2) is 12.5. The maximum atomic E-state index is 9.59. The summed E-state index contributed by atoms with van der Waals surface area (Å²) in [5.41, 5.74) is 10.6. The van der Waals surface area contributed by atoms with E-state index >= 15 is 0 Å². The molecule has 0 atom stereocenters. The average Bonchev–Trinajstić information content (AvgIpc) is 3.55. The molecule has 236 valence electrons. The summed E-state index contributed by atoms with van der Waals surface area (Å²) in [6.45, 7) is 0. The molecule has 1 nitrogen and oxygen atoms in total. The summed E-state index contributed by atoms with van der Waals surface area (Å²) in [5, 5.41) is 0. The predicted octanol–water partition coefficient (Wildman–Crippen LogP) is 12.9. The molecule has 0 saturated heterocycles. The first-order valence-electron chi connectivity index (χ1n) is 19.0. The Labute approximate surface area is 300 Å². The molecule has 1 aliphatic carbocycles. The molecule has 0 aromatic heterocycles. The van der Waals surface area contributed by atoms with Gasteiger partial charge >= 0.3 is 0 Å². The minimum absolute atomic E-state index is 0.0843. The highest BCUT2D eigenvalue weighted by Gasteiger charge is 2.47. The van der Waals surface area contributed by atoms with Crippen molar-refractivity contribution in [2.24, 2.45) is 0 Å². The van der Waals surface area contributed by atoms with Gasteiger partial charge in [0.2, 0.25) is 0 Å². The lowest BCUT2D eigenvalue weighted by atomic mass is 9.68. The SMILES string of the molecule is [2H]c1c([2H])c(N(c2ccc(-c3ccccc3)cc2)c2cccc3c2-c2ccccc2C3(c2ccccc2)c2ccccc2)c([2H])c([2H])c1-c1ccccc1. The fourth-order valence-corrected chi connectivity index (χ4v) is 7.65. The van der Waals surface area contributed by atoms with Crippen LogP contribution in [0.25, 0.3) is 33.4 Å². The fourth-order valence-electron chi connectivity index (χ4n) is 7.65. The molecule has 9 rings (SSSR count). The molecular formula is C49H35N. The Hall–Kier alpha value is -6.44. The summed E-state index contributed by atoms with van der Waals surface area (Å²) in [5.74, 6) is 0. The molecule has 0 saturated carbocycles. The molecule has 1 aliphatic rings. The monoisotopic (exact) mass is 641 g/mol. The maximum Gasteiger partial charge on any atom is 0.0714 e. The van der Waals surface area contributed by atoms with Gasteiger partial charge < -0.3 is 4.90 Å². The highest BCUT2D eigenvalue weighted by atomic mass is 15.1. The number of hydrogen-bond donors (Lipinski definition) is 0. The van der Waals surface area contributed by atoms with Gasteiger partial charge in [0.1, 0.15) is 0 Å². The largest absolute Gasteiger partial charge is 0.310 e. The molecule has 8 aromatic carbocycles. The Morgan fingerprint density at radius 3 is 1.44 bits per heavy atom. The van der Waals surface area contributed by atoms with E-state index in [0.717, 1.165) is 55.9 Å². The van der Waals surface area contributed by atoms with Crippen LogP contribution >= 0.6 is 0 Å².